The van der Waals surface area contributed by atoms with Gasteiger partial charge in [0.25, 0.3) is 0 Å². The molecule has 1 aromatic rings. The maximum atomic E-state index is 14.6. The first kappa shape index (κ1) is 12.5. The minimum atomic E-state index is -1.21. The van der Waals surface area contributed by atoms with E-state index in [9.17, 15) is 8.78 Å². The summed E-state index contributed by atoms with van der Waals surface area (Å²) in [6.45, 7) is 1.82. The van der Waals surface area contributed by atoms with E-state index in [0.717, 1.165) is 24.0 Å². The van der Waals surface area contributed by atoms with Crippen LogP contribution in [0.3, 0.4) is 0 Å². The summed E-state index contributed by atoms with van der Waals surface area (Å²) in [5.41, 5.74) is 6.33. The minimum absolute atomic E-state index is 0.0329. The van der Waals surface area contributed by atoms with Gasteiger partial charge < -0.3 is 5.73 Å². The van der Waals surface area contributed by atoms with Crippen LogP contribution in [0, 0.1) is 12.7 Å². The molecule has 1 aliphatic rings. The van der Waals surface area contributed by atoms with Crippen LogP contribution in [-0.2, 0) is 6.42 Å². The summed E-state index contributed by atoms with van der Waals surface area (Å²) >= 11 is 0. The van der Waals surface area contributed by atoms with Gasteiger partial charge in [-0.1, -0.05) is 6.07 Å². The van der Waals surface area contributed by atoms with E-state index in [4.69, 9.17) is 5.73 Å². The van der Waals surface area contributed by atoms with E-state index in [1.54, 1.807) is 6.07 Å². The molecule has 1 fully saturated rings. The van der Waals surface area contributed by atoms with Crippen LogP contribution in [0.5, 0.6) is 0 Å². The Morgan fingerprint density at radius 1 is 1.47 bits per heavy atom. The Balaban J connectivity index is 2.14. The van der Waals surface area contributed by atoms with Crippen LogP contribution >= 0.6 is 0 Å². The molecule has 3 heteroatoms. The Morgan fingerprint density at radius 3 is 2.88 bits per heavy atom. The van der Waals surface area contributed by atoms with E-state index in [1.807, 2.05) is 6.92 Å². The van der Waals surface area contributed by atoms with Crippen LogP contribution in [0.2, 0.25) is 0 Å². The van der Waals surface area contributed by atoms with E-state index in [0.29, 0.717) is 19.3 Å². The summed E-state index contributed by atoms with van der Waals surface area (Å²) in [5.74, 6) is -0.264. The number of hydrogen-bond donors (Lipinski definition) is 1. The topological polar surface area (TPSA) is 26.0 Å². The molecule has 2 unspecified atom stereocenters. The summed E-state index contributed by atoms with van der Waals surface area (Å²) in [4.78, 5) is 0. The zero-order chi connectivity index (χ0) is 12.5. The maximum Gasteiger partial charge on any atom is 0.123 e. The number of alkyl halides is 1. The first-order chi connectivity index (χ1) is 7.98. The van der Waals surface area contributed by atoms with E-state index in [2.05, 4.69) is 0 Å². The molecule has 2 atom stereocenters. The quantitative estimate of drug-likeness (QED) is 0.842. The van der Waals surface area contributed by atoms with Crippen LogP contribution < -0.4 is 5.73 Å². The molecular weight excluding hydrogens is 220 g/mol. The van der Waals surface area contributed by atoms with Gasteiger partial charge in [-0.25, -0.2) is 8.78 Å². The summed E-state index contributed by atoms with van der Waals surface area (Å²) in [6, 6.07) is 4.51. The summed E-state index contributed by atoms with van der Waals surface area (Å²) in [6.07, 6.45) is 3.10. The molecule has 1 nitrogen and oxygen atoms in total. The Kier molecular flexibility index (Phi) is 3.48. The van der Waals surface area contributed by atoms with Crippen LogP contribution in [0.4, 0.5) is 8.78 Å². The zero-order valence-electron chi connectivity index (χ0n) is 10.2. The van der Waals surface area contributed by atoms with Gasteiger partial charge in [-0.05, 0) is 55.9 Å². The van der Waals surface area contributed by atoms with Crippen molar-refractivity contribution in [2.24, 2.45) is 5.73 Å². The highest BCUT2D eigenvalue weighted by atomic mass is 19.1. The highest BCUT2D eigenvalue weighted by Gasteiger charge is 2.35. The smallest absolute Gasteiger partial charge is 0.123 e. The molecule has 0 aromatic heterocycles. The van der Waals surface area contributed by atoms with Gasteiger partial charge in [0.1, 0.15) is 11.5 Å². The zero-order valence-corrected chi connectivity index (χ0v) is 10.2. The van der Waals surface area contributed by atoms with Crippen molar-refractivity contribution in [2.75, 3.05) is 0 Å². The van der Waals surface area contributed by atoms with Gasteiger partial charge in [0.15, 0.2) is 0 Å². The average molecular weight is 239 g/mol. The predicted molar refractivity (Wildman–Crippen MR) is 65.1 cm³/mol. The lowest BCUT2D eigenvalue weighted by Crippen LogP contribution is -2.39. The van der Waals surface area contributed by atoms with Crippen molar-refractivity contribution in [1.29, 1.82) is 0 Å². The number of halogens is 2. The molecule has 0 radical (unpaired) electrons. The molecule has 1 saturated carbocycles. The van der Waals surface area contributed by atoms with Crippen molar-refractivity contribution in [2.45, 2.75) is 50.7 Å². The lowest BCUT2D eigenvalue weighted by molar-refractivity contribution is 0.0963. The Morgan fingerprint density at radius 2 is 2.24 bits per heavy atom. The molecule has 1 aromatic carbocycles. The normalized spacial score (nSPS) is 29.3. The summed E-state index contributed by atoms with van der Waals surface area (Å²) < 4.78 is 27.6. The van der Waals surface area contributed by atoms with E-state index in [1.165, 1.54) is 12.1 Å². The second-order valence-electron chi connectivity index (χ2n) is 5.25. The highest BCUT2D eigenvalue weighted by molar-refractivity contribution is 5.28. The van der Waals surface area contributed by atoms with Crippen molar-refractivity contribution >= 4 is 0 Å². The molecule has 2 N–H and O–H groups in total. The monoisotopic (exact) mass is 239 g/mol. The van der Waals surface area contributed by atoms with Gasteiger partial charge in [0.05, 0.1) is 0 Å². The number of benzene rings is 1. The van der Waals surface area contributed by atoms with Crippen molar-refractivity contribution in [3.63, 3.8) is 0 Å². The van der Waals surface area contributed by atoms with E-state index < -0.39 is 5.67 Å². The van der Waals surface area contributed by atoms with Gasteiger partial charge in [-0.15, -0.1) is 0 Å². The van der Waals surface area contributed by atoms with Crippen LogP contribution in [0.25, 0.3) is 0 Å². The first-order valence-corrected chi connectivity index (χ1v) is 6.18. The van der Waals surface area contributed by atoms with Gasteiger partial charge in [-0.2, -0.15) is 0 Å². The first-order valence-electron chi connectivity index (χ1n) is 6.18. The molecule has 1 aliphatic carbocycles. The predicted octanol–water partition coefficient (Wildman–Crippen LogP) is 3.29. The Hall–Kier alpha value is -0.960. The van der Waals surface area contributed by atoms with Gasteiger partial charge >= 0.3 is 0 Å². The number of hydrogen-bond acceptors (Lipinski definition) is 1. The van der Waals surface area contributed by atoms with Crippen LogP contribution in [-0.4, -0.2) is 11.7 Å². The molecule has 0 amide bonds. The molecule has 17 heavy (non-hydrogen) atoms. The maximum absolute atomic E-state index is 14.6. The van der Waals surface area contributed by atoms with Crippen LogP contribution in [0.1, 0.15) is 36.8 Å². The minimum Gasteiger partial charge on any atom is -0.328 e. The number of nitrogens with two attached hydrogens (primary N) is 1. The third kappa shape index (κ3) is 3.03. The third-order valence-corrected chi connectivity index (χ3v) is 3.64. The molecule has 0 heterocycles. The third-order valence-electron chi connectivity index (χ3n) is 3.64. The second-order valence-corrected chi connectivity index (χ2v) is 5.25. The van der Waals surface area contributed by atoms with E-state index in [-0.39, 0.29) is 11.9 Å². The molecule has 0 aliphatic heterocycles. The standard InChI is InChI=1S/C14H19F2N/c1-10-7-12(15)5-4-11(10)8-14(16)6-2-3-13(17)9-14/h4-5,7,13H,2-3,6,8-9,17H2,1H3. The number of rotatable bonds is 2. The van der Waals surface area contributed by atoms with Crippen molar-refractivity contribution in [1.82, 2.24) is 0 Å². The van der Waals surface area contributed by atoms with Crippen molar-refractivity contribution in [3.05, 3.63) is 35.1 Å². The molecular formula is C14H19F2N. The Labute approximate surface area is 101 Å². The SMILES string of the molecule is Cc1cc(F)ccc1CC1(F)CCCC(N)C1. The average Bonchev–Trinajstić information content (AvgIpc) is 2.22. The summed E-state index contributed by atoms with van der Waals surface area (Å²) in [5, 5.41) is 0. The fourth-order valence-corrected chi connectivity index (χ4v) is 2.71. The summed E-state index contributed by atoms with van der Waals surface area (Å²) in [7, 11) is 0. The fraction of sp³-hybridized carbons (Fsp3) is 0.571. The van der Waals surface area contributed by atoms with Crippen molar-refractivity contribution in [3.8, 4) is 0 Å². The second kappa shape index (κ2) is 4.73. The lowest BCUT2D eigenvalue weighted by Gasteiger charge is -2.33. The number of aryl methyl sites for hydroxylation is 1. The van der Waals surface area contributed by atoms with Crippen molar-refractivity contribution < 1.29 is 8.78 Å². The van der Waals surface area contributed by atoms with E-state index >= 15 is 0 Å². The van der Waals surface area contributed by atoms with Crippen LogP contribution in [0.15, 0.2) is 18.2 Å². The van der Waals surface area contributed by atoms with Gasteiger partial charge in [-0.3, -0.25) is 0 Å². The highest BCUT2D eigenvalue weighted by Crippen LogP contribution is 2.35. The molecule has 2 rings (SSSR count). The van der Waals surface area contributed by atoms with Gasteiger partial charge in [0, 0.05) is 12.5 Å². The largest absolute Gasteiger partial charge is 0.328 e. The fourth-order valence-electron chi connectivity index (χ4n) is 2.71. The molecule has 0 saturated heterocycles. The molecule has 0 bridgehead atoms. The Bertz CT molecular complexity index is 405. The molecule has 94 valence electrons. The van der Waals surface area contributed by atoms with Gasteiger partial charge in [0.2, 0.25) is 0 Å². The lowest BCUT2D eigenvalue weighted by atomic mass is 9.79. The molecule has 0 spiro atoms.